The van der Waals surface area contributed by atoms with Crippen molar-refractivity contribution < 1.29 is 43.0 Å². The van der Waals surface area contributed by atoms with E-state index in [1.807, 2.05) is 0 Å². The smallest absolute Gasteiger partial charge is 0.318 e. The standard InChI is InChI=1S/C31H51O9/c1-5-8-11-14-17-20-26(32)38-29(35)23-25(31(37)40-28(34)22-19-16-13-10-7-3)24(4)30(36)39-27(33)21-18-15-12-9-6-2/h24-25H,4-23H2,1-3H3. The highest BCUT2D eigenvalue weighted by Gasteiger charge is 2.37. The van der Waals surface area contributed by atoms with E-state index in [2.05, 4.69) is 27.7 Å². The number of carbonyl (C=O) groups excluding carboxylic acids is 6. The van der Waals surface area contributed by atoms with E-state index < -0.39 is 54.1 Å². The molecular formula is C31H51O9. The minimum atomic E-state index is -1.56. The summed E-state index contributed by atoms with van der Waals surface area (Å²) < 4.78 is 14.6. The van der Waals surface area contributed by atoms with Crippen LogP contribution in [0.25, 0.3) is 0 Å². The lowest BCUT2D eigenvalue weighted by Gasteiger charge is -2.19. The minimum absolute atomic E-state index is 0.00586. The first-order valence-corrected chi connectivity index (χ1v) is 15.2. The number of carbonyl (C=O) groups is 6. The summed E-state index contributed by atoms with van der Waals surface area (Å²) in [6.45, 7) is 9.83. The third-order valence-corrected chi connectivity index (χ3v) is 6.59. The summed E-state index contributed by atoms with van der Waals surface area (Å²) in [6.07, 6.45) is 12.7. The lowest BCUT2D eigenvalue weighted by Crippen LogP contribution is -2.35. The lowest BCUT2D eigenvalue weighted by atomic mass is 9.91. The van der Waals surface area contributed by atoms with Crippen LogP contribution >= 0.6 is 0 Å². The van der Waals surface area contributed by atoms with Crippen LogP contribution in [0.2, 0.25) is 0 Å². The maximum atomic E-state index is 12.8. The van der Waals surface area contributed by atoms with E-state index in [-0.39, 0.29) is 19.3 Å². The van der Waals surface area contributed by atoms with Gasteiger partial charge in [-0.1, -0.05) is 97.8 Å². The van der Waals surface area contributed by atoms with Crippen LogP contribution in [-0.2, 0) is 43.0 Å². The summed E-state index contributed by atoms with van der Waals surface area (Å²) in [4.78, 5) is 74.3. The molecule has 1 radical (unpaired) electrons. The maximum absolute atomic E-state index is 12.8. The van der Waals surface area contributed by atoms with E-state index in [4.69, 9.17) is 14.2 Å². The molecule has 0 aromatic heterocycles. The molecule has 0 heterocycles. The van der Waals surface area contributed by atoms with Crippen molar-refractivity contribution in [2.45, 2.75) is 143 Å². The minimum Gasteiger partial charge on any atom is -0.393 e. The number of esters is 6. The summed E-state index contributed by atoms with van der Waals surface area (Å²) in [7, 11) is 0. The number of unbranched alkanes of at least 4 members (excludes halogenated alkanes) is 12. The highest BCUT2D eigenvalue weighted by atomic mass is 16.6. The van der Waals surface area contributed by atoms with Crippen LogP contribution in [0.3, 0.4) is 0 Å². The van der Waals surface area contributed by atoms with Gasteiger partial charge in [0.1, 0.15) is 0 Å². The van der Waals surface area contributed by atoms with Crippen LogP contribution in [0.15, 0.2) is 0 Å². The van der Waals surface area contributed by atoms with Gasteiger partial charge in [0, 0.05) is 19.3 Å². The first kappa shape index (κ1) is 37.4. The van der Waals surface area contributed by atoms with Crippen molar-refractivity contribution in [3.63, 3.8) is 0 Å². The Hall–Kier alpha value is -2.58. The van der Waals surface area contributed by atoms with Crippen LogP contribution in [-0.4, -0.2) is 35.8 Å². The van der Waals surface area contributed by atoms with Gasteiger partial charge in [-0.3, -0.25) is 28.8 Å². The number of hydrogen-bond acceptors (Lipinski definition) is 9. The number of ether oxygens (including phenoxy) is 3. The summed E-state index contributed by atoms with van der Waals surface area (Å²) in [5.74, 6) is -8.66. The normalized spacial score (nSPS) is 12.3. The zero-order valence-electron chi connectivity index (χ0n) is 25.0. The third kappa shape index (κ3) is 19.5. The van der Waals surface area contributed by atoms with E-state index in [0.29, 0.717) is 19.3 Å². The van der Waals surface area contributed by atoms with Crippen LogP contribution < -0.4 is 0 Å². The van der Waals surface area contributed by atoms with Crippen molar-refractivity contribution in [1.82, 2.24) is 0 Å². The van der Waals surface area contributed by atoms with Crippen molar-refractivity contribution in [3.05, 3.63) is 6.92 Å². The van der Waals surface area contributed by atoms with Gasteiger partial charge in [-0.2, -0.15) is 0 Å². The van der Waals surface area contributed by atoms with Gasteiger partial charge in [-0.25, -0.2) is 0 Å². The van der Waals surface area contributed by atoms with Crippen LogP contribution in [0.1, 0.15) is 143 Å². The molecule has 0 saturated heterocycles. The van der Waals surface area contributed by atoms with E-state index >= 15 is 0 Å². The molecule has 0 aliphatic carbocycles. The van der Waals surface area contributed by atoms with E-state index in [1.165, 1.54) is 0 Å². The molecule has 0 fully saturated rings. The van der Waals surface area contributed by atoms with Gasteiger partial charge < -0.3 is 14.2 Å². The Labute approximate surface area is 240 Å². The zero-order valence-corrected chi connectivity index (χ0v) is 25.0. The molecule has 9 nitrogen and oxygen atoms in total. The summed E-state index contributed by atoms with van der Waals surface area (Å²) >= 11 is 0. The number of rotatable bonds is 23. The fraction of sp³-hybridized carbons (Fsp3) is 0.774. The van der Waals surface area contributed by atoms with Gasteiger partial charge in [-0.15, -0.1) is 0 Å². The molecule has 2 atom stereocenters. The van der Waals surface area contributed by atoms with E-state index in [0.717, 1.165) is 77.0 Å². The fourth-order valence-electron chi connectivity index (χ4n) is 4.05. The van der Waals surface area contributed by atoms with Crippen molar-refractivity contribution in [3.8, 4) is 0 Å². The molecule has 229 valence electrons. The van der Waals surface area contributed by atoms with Gasteiger partial charge in [-0.05, 0) is 26.2 Å². The molecule has 0 aromatic carbocycles. The molecule has 0 bridgehead atoms. The molecule has 0 aliphatic rings. The molecule has 2 unspecified atom stereocenters. The second-order valence-corrected chi connectivity index (χ2v) is 10.3. The molecule has 0 aliphatic heterocycles. The van der Waals surface area contributed by atoms with E-state index in [9.17, 15) is 28.8 Å². The topological polar surface area (TPSA) is 130 Å². The van der Waals surface area contributed by atoms with Gasteiger partial charge in [0.25, 0.3) is 0 Å². The Morgan fingerprint density at radius 2 is 0.825 bits per heavy atom. The molecule has 0 N–H and O–H groups in total. The summed E-state index contributed by atoms with van der Waals surface area (Å²) in [5.41, 5.74) is 0. The van der Waals surface area contributed by atoms with Crippen molar-refractivity contribution in [1.29, 1.82) is 0 Å². The van der Waals surface area contributed by atoms with Crippen LogP contribution in [0, 0.1) is 18.8 Å². The van der Waals surface area contributed by atoms with Gasteiger partial charge in [0.2, 0.25) is 0 Å². The Morgan fingerprint density at radius 1 is 0.475 bits per heavy atom. The predicted octanol–water partition coefficient (Wildman–Crippen LogP) is 6.73. The van der Waals surface area contributed by atoms with E-state index in [1.54, 1.807) is 0 Å². The quantitative estimate of drug-likeness (QED) is 0.0570. The van der Waals surface area contributed by atoms with Gasteiger partial charge in [0.15, 0.2) is 0 Å². The first-order chi connectivity index (χ1) is 19.2. The molecule has 0 amide bonds. The Bertz CT molecular complexity index is 775. The molecule has 0 spiro atoms. The molecule has 0 rings (SSSR count). The zero-order chi connectivity index (χ0) is 30.2. The average Bonchev–Trinajstić information content (AvgIpc) is 2.90. The van der Waals surface area contributed by atoms with Gasteiger partial charge >= 0.3 is 35.8 Å². The first-order valence-electron chi connectivity index (χ1n) is 15.2. The monoisotopic (exact) mass is 567 g/mol. The third-order valence-electron chi connectivity index (χ3n) is 6.59. The highest BCUT2D eigenvalue weighted by Crippen LogP contribution is 2.22. The van der Waals surface area contributed by atoms with Crippen LogP contribution in [0.4, 0.5) is 0 Å². The van der Waals surface area contributed by atoms with Crippen molar-refractivity contribution >= 4 is 35.8 Å². The summed E-state index contributed by atoms with van der Waals surface area (Å²) in [5, 5.41) is 0. The molecular weight excluding hydrogens is 516 g/mol. The maximum Gasteiger partial charge on any atom is 0.318 e. The molecule has 9 heteroatoms. The second kappa shape index (κ2) is 24.2. The largest absolute Gasteiger partial charge is 0.393 e. The molecule has 0 aromatic rings. The Balaban J connectivity index is 5.10. The number of hydrogen-bond donors (Lipinski definition) is 0. The fourth-order valence-corrected chi connectivity index (χ4v) is 4.05. The van der Waals surface area contributed by atoms with Crippen LogP contribution in [0.5, 0.6) is 0 Å². The van der Waals surface area contributed by atoms with Crippen molar-refractivity contribution in [2.24, 2.45) is 11.8 Å². The van der Waals surface area contributed by atoms with Crippen molar-refractivity contribution in [2.75, 3.05) is 0 Å². The lowest BCUT2D eigenvalue weighted by molar-refractivity contribution is -0.173. The highest BCUT2D eigenvalue weighted by molar-refractivity contribution is 5.95. The molecule has 0 saturated carbocycles. The predicted molar refractivity (Wildman–Crippen MR) is 150 cm³/mol. The summed E-state index contributed by atoms with van der Waals surface area (Å²) in [6, 6.07) is 0. The van der Waals surface area contributed by atoms with Gasteiger partial charge in [0.05, 0.1) is 18.3 Å². The Kier molecular flexibility index (Phi) is 22.7. The SMILES string of the molecule is [CH2]C(C(=O)OC(=O)CCCCCCC)C(CC(=O)OC(=O)CCCCCCC)C(=O)OC(=O)CCCCCCC. The average molecular weight is 568 g/mol. The second-order valence-electron chi connectivity index (χ2n) is 10.3. The Morgan fingerprint density at radius 3 is 1.23 bits per heavy atom. The molecule has 40 heavy (non-hydrogen) atoms.